The fraction of sp³-hybridized carbons (Fsp3) is 0.211. The highest BCUT2D eigenvalue weighted by atomic mass is 19.3. The quantitative estimate of drug-likeness (QED) is 0.661. The Hall–Kier alpha value is -3.29. The highest BCUT2D eigenvalue weighted by Crippen LogP contribution is 2.29. The van der Waals surface area contributed by atoms with Gasteiger partial charge in [-0.15, -0.1) is 10.2 Å². The molecule has 6 nitrogen and oxygen atoms in total. The minimum absolute atomic E-state index is 0.0354. The molecule has 138 valence electrons. The van der Waals surface area contributed by atoms with Crippen LogP contribution in [0, 0.1) is 0 Å². The Labute approximate surface area is 153 Å². The Morgan fingerprint density at radius 1 is 1.15 bits per heavy atom. The second-order valence-electron chi connectivity index (χ2n) is 6.01. The molecule has 0 aliphatic carbocycles. The Bertz CT molecular complexity index is 960. The van der Waals surface area contributed by atoms with Gasteiger partial charge in [0.2, 0.25) is 5.89 Å². The molecule has 4 rings (SSSR count). The van der Waals surface area contributed by atoms with Gasteiger partial charge in [0.15, 0.2) is 0 Å². The molecule has 0 atom stereocenters. The van der Waals surface area contributed by atoms with Crippen LogP contribution in [0.15, 0.2) is 52.9 Å². The number of rotatable bonds is 6. The van der Waals surface area contributed by atoms with Crippen LogP contribution in [0.2, 0.25) is 0 Å². The largest absolute Gasteiger partial charge is 0.492 e. The Balaban J connectivity index is 1.44. The van der Waals surface area contributed by atoms with Crippen LogP contribution in [0.1, 0.15) is 28.2 Å². The minimum Gasteiger partial charge on any atom is -0.492 e. The topological polar surface area (TPSA) is 68.5 Å². The summed E-state index contributed by atoms with van der Waals surface area (Å²) in [5.74, 6) is -0.171. The number of ether oxygens (including phenoxy) is 1. The molecule has 27 heavy (non-hydrogen) atoms. The molecule has 2 aromatic carbocycles. The standard InChI is InChI=1S/C19H15F2N3O3/c20-16(21)18-23-22-17(27-18)12-6-7-13-11-24(19(25)15(13)10-12)8-9-26-14-4-2-1-3-5-14/h1-7,10,16H,8-9,11H2. The molecular weight excluding hydrogens is 356 g/mol. The smallest absolute Gasteiger partial charge is 0.314 e. The van der Waals surface area contributed by atoms with E-state index < -0.39 is 12.3 Å². The van der Waals surface area contributed by atoms with Gasteiger partial charge >= 0.3 is 6.43 Å². The average Bonchev–Trinajstić information content (AvgIpc) is 3.29. The SMILES string of the molecule is O=C1c2cc(-c3nnc(C(F)F)o3)ccc2CN1CCOc1ccccc1. The van der Waals surface area contributed by atoms with Gasteiger partial charge in [-0.3, -0.25) is 4.79 Å². The molecule has 0 N–H and O–H groups in total. The molecule has 1 amide bonds. The summed E-state index contributed by atoms with van der Waals surface area (Å²) < 4.78 is 35.8. The third-order valence-electron chi connectivity index (χ3n) is 4.24. The summed E-state index contributed by atoms with van der Waals surface area (Å²) in [6.45, 7) is 1.28. The van der Waals surface area contributed by atoms with Crippen LogP contribution in [0.25, 0.3) is 11.5 Å². The normalized spacial score (nSPS) is 13.3. The number of carbonyl (C=O) groups excluding carboxylic acids is 1. The maximum Gasteiger partial charge on any atom is 0.314 e. The molecule has 8 heteroatoms. The van der Waals surface area contributed by atoms with E-state index >= 15 is 0 Å². The highest BCUT2D eigenvalue weighted by Gasteiger charge is 2.28. The van der Waals surface area contributed by atoms with E-state index in [-0.39, 0.29) is 11.8 Å². The third-order valence-corrected chi connectivity index (χ3v) is 4.24. The lowest BCUT2D eigenvalue weighted by molar-refractivity contribution is 0.0753. The minimum atomic E-state index is -2.83. The van der Waals surface area contributed by atoms with E-state index in [0.717, 1.165) is 11.3 Å². The first kappa shape index (κ1) is 17.1. The van der Waals surface area contributed by atoms with Crippen LogP contribution in [0.5, 0.6) is 5.75 Å². The van der Waals surface area contributed by atoms with Gasteiger partial charge < -0.3 is 14.1 Å². The number of halogens is 2. The molecule has 0 radical (unpaired) electrons. The zero-order valence-corrected chi connectivity index (χ0v) is 14.1. The molecule has 2 heterocycles. The lowest BCUT2D eigenvalue weighted by Crippen LogP contribution is -2.28. The summed E-state index contributed by atoms with van der Waals surface area (Å²) in [7, 11) is 0. The van der Waals surface area contributed by atoms with E-state index in [1.54, 1.807) is 23.1 Å². The number of hydrogen-bond donors (Lipinski definition) is 0. The summed E-state index contributed by atoms with van der Waals surface area (Å²) in [6.07, 6.45) is -2.83. The van der Waals surface area contributed by atoms with E-state index in [4.69, 9.17) is 9.15 Å². The van der Waals surface area contributed by atoms with E-state index in [0.29, 0.717) is 30.8 Å². The van der Waals surface area contributed by atoms with Gasteiger partial charge in [-0.1, -0.05) is 24.3 Å². The van der Waals surface area contributed by atoms with Crippen LogP contribution < -0.4 is 4.74 Å². The van der Waals surface area contributed by atoms with Gasteiger partial charge in [-0.05, 0) is 29.8 Å². The summed E-state index contributed by atoms with van der Waals surface area (Å²) in [5, 5.41) is 6.93. The molecule has 3 aromatic rings. The maximum atomic E-state index is 12.6. The Morgan fingerprint density at radius 2 is 1.96 bits per heavy atom. The van der Waals surface area contributed by atoms with Crippen molar-refractivity contribution in [3.8, 4) is 17.2 Å². The number of benzene rings is 2. The molecule has 0 unspecified atom stereocenters. The summed E-state index contributed by atoms with van der Waals surface area (Å²) in [6, 6.07) is 14.4. The molecule has 0 bridgehead atoms. The highest BCUT2D eigenvalue weighted by molar-refractivity contribution is 5.99. The van der Waals surface area contributed by atoms with Gasteiger partial charge in [0.25, 0.3) is 11.8 Å². The van der Waals surface area contributed by atoms with Crippen molar-refractivity contribution in [3.63, 3.8) is 0 Å². The summed E-state index contributed by atoms with van der Waals surface area (Å²) in [4.78, 5) is 14.3. The van der Waals surface area contributed by atoms with Gasteiger partial charge in [0.1, 0.15) is 12.4 Å². The summed E-state index contributed by atoms with van der Waals surface area (Å²) in [5.41, 5.74) is 1.80. The van der Waals surface area contributed by atoms with Crippen LogP contribution in [-0.4, -0.2) is 34.2 Å². The summed E-state index contributed by atoms with van der Waals surface area (Å²) >= 11 is 0. The van der Waals surface area contributed by atoms with Crippen LogP contribution in [0.4, 0.5) is 8.78 Å². The molecule has 0 fully saturated rings. The molecule has 1 aliphatic rings. The zero-order valence-electron chi connectivity index (χ0n) is 14.1. The van der Waals surface area contributed by atoms with Crippen molar-refractivity contribution in [2.45, 2.75) is 13.0 Å². The lowest BCUT2D eigenvalue weighted by atomic mass is 10.1. The second-order valence-corrected chi connectivity index (χ2v) is 6.01. The number of fused-ring (bicyclic) bond motifs is 1. The monoisotopic (exact) mass is 371 g/mol. The third kappa shape index (κ3) is 3.51. The number of amides is 1. The Kier molecular flexibility index (Phi) is 4.53. The molecule has 1 aliphatic heterocycles. The fourth-order valence-electron chi connectivity index (χ4n) is 2.90. The van der Waals surface area contributed by atoms with E-state index in [1.165, 1.54) is 0 Å². The maximum absolute atomic E-state index is 12.6. The zero-order chi connectivity index (χ0) is 18.8. The molecule has 0 saturated heterocycles. The number of alkyl halides is 2. The fourth-order valence-corrected chi connectivity index (χ4v) is 2.90. The number of carbonyl (C=O) groups is 1. The first-order valence-corrected chi connectivity index (χ1v) is 8.34. The molecule has 0 saturated carbocycles. The lowest BCUT2D eigenvalue weighted by Gasteiger charge is -2.15. The van der Waals surface area contributed by atoms with Crippen molar-refractivity contribution >= 4 is 5.91 Å². The average molecular weight is 371 g/mol. The molecular formula is C19H15F2N3O3. The first-order chi connectivity index (χ1) is 13.1. The number of nitrogens with zero attached hydrogens (tertiary/aromatic N) is 3. The van der Waals surface area contributed by atoms with E-state index in [9.17, 15) is 13.6 Å². The van der Waals surface area contributed by atoms with Gasteiger partial charge in [-0.2, -0.15) is 8.78 Å². The van der Waals surface area contributed by atoms with Crippen LogP contribution in [0.3, 0.4) is 0 Å². The number of hydrogen-bond acceptors (Lipinski definition) is 5. The van der Waals surface area contributed by atoms with Crippen molar-refractivity contribution in [2.75, 3.05) is 13.2 Å². The van der Waals surface area contributed by atoms with Crippen molar-refractivity contribution in [3.05, 3.63) is 65.5 Å². The van der Waals surface area contributed by atoms with Crippen molar-refractivity contribution in [1.29, 1.82) is 0 Å². The van der Waals surface area contributed by atoms with Crippen molar-refractivity contribution < 1.29 is 22.7 Å². The van der Waals surface area contributed by atoms with E-state index in [2.05, 4.69) is 10.2 Å². The predicted molar refractivity (Wildman–Crippen MR) is 91.4 cm³/mol. The molecule has 1 aromatic heterocycles. The van der Waals surface area contributed by atoms with Crippen LogP contribution in [-0.2, 0) is 6.54 Å². The van der Waals surface area contributed by atoms with Gasteiger partial charge in [0, 0.05) is 17.7 Å². The van der Waals surface area contributed by atoms with Crippen LogP contribution >= 0.6 is 0 Å². The Morgan fingerprint density at radius 3 is 2.70 bits per heavy atom. The molecule has 0 spiro atoms. The van der Waals surface area contributed by atoms with Crippen molar-refractivity contribution in [1.82, 2.24) is 15.1 Å². The van der Waals surface area contributed by atoms with Gasteiger partial charge in [0.05, 0.1) is 6.54 Å². The number of aromatic nitrogens is 2. The van der Waals surface area contributed by atoms with Crippen molar-refractivity contribution in [2.24, 2.45) is 0 Å². The van der Waals surface area contributed by atoms with E-state index in [1.807, 2.05) is 30.3 Å². The van der Waals surface area contributed by atoms with Gasteiger partial charge in [-0.25, -0.2) is 0 Å². The second kappa shape index (κ2) is 7.14. The number of para-hydroxylation sites is 1. The predicted octanol–water partition coefficient (Wildman–Crippen LogP) is 3.71. The first-order valence-electron chi connectivity index (χ1n) is 8.34.